The summed E-state index contributed by atoms with van der Waals surface area (Å²) in [5, 5.41) is 7.38. The monoisotopic (exact) mass is 410 g/mol. The van der Waals surface area contributed by atoms with Crippen LogP contribution in [0.2, 0.25) is 10.0 Å². The lowest BCUT2D eigenvalue weighted by Crippen LogP contribution is -2.57. The normalized spacial score (nSPS) is 33.0. The van der Waals surface area contributed by atoms with Gasteiger partial charge in [0.15, 0.2) is 5.11 Å². The molecule has 3 nitrogen and oxygen atoms in total. The van der Waals surface area contributed by atoms with Crippen LogP contribution in [-0.4, -0.2) is 17.1 Å². The van der Waals surface area contributed by atoms with Gasteiger partial charge < -0.3 is 5.32 Å². The van der Waals surface area contributed by atoms with E-state index in [0.29, 0.717) is 26.1 Å². The molecule has 0 aliphatic heterocycles. The zero-order valence-electron chi connectivity index (χ0n) is 14.9. The highest BCUT2D eigenvalue weighted by Crippen LogP contribution is 2.61. The standard InChI is InChI=1S/C20H24Cl2N2OS/c1-11(20-8-12-4-13(9-20)6-14(5-12)10-20)23-19(26)24-18(25)16-3-2-15(21)7-17(16)22/h2-3,7,11-14H,4-6,8-10H2,1H3,(H2,23,24,25,26)/t11-,12?,13?,14?,20?/m1/s1. The number of hydrogen-bond donors (Lipinski definition) is 2. The summed E-state index contributed by atoms with van der Waals surface area (Å²) >= 11 is 17.4. The number of benzene rings is 1. The lowest BCUT2D eigenvalue weighted by Gasteiger charge is -2.59. The third-order valence-electron chi connectivity index (χ3n) is 6.75. The smallest absolute Gasteiger partial charge is 0.258 e. The molecule has 0 spiro atoms. The Hall–Kier alpha value is -0.840. The Kier molecular flexibility index (Phi) is 4.96. The van der Waals surface area contributed by atoms with E-state index in [1.807, 2.05) is 0 Å². The molecule has 0 unspecified atom stereocenters. The average molecular weight is 411 g/mol. The molecule has 26 heavy (non-hydrogen) atoms. The molecule has 1 atom stereocenters. The van der Waals surface area contributed by atoms with E-state index in [4.69, 9.17) is 35.4 Å². The van der Waals surface area contributed by atoms with Crippen LogP contribution in [0.15, 0.2) is 18.2 Å². The van der Waals surface area contributed by atoms with Gasteiger partial charge in [0.2, 0.25) is 0 Å². The highest BCUT2D eigenvalue weighted by Gasteiger charge is 2.53. The number of hydrogen-bond acceptors (Lipinski definition) is 2. The Balaban J connectivity index is 1.39. The maximum atomic E-state index is 12.5. The summed E-state index contributed by atoms with van der Waals surface area (Å²) in [6.07, 6.45) is 8.15. The summed E-state index contributed by atoms with van der Waals surface area (Å²) in [5.41, 5.74) is 0.712. The first kappa shape index (κ1) is 18.5. The minimum atomic E-state index is -0.304. The van der Waals surface area contributed by atoms with Crippen LogP contribution in [0.25, 0.3) is 0 Å². The number of nitrogens with one attached hydrogen (secondary N) is 2. The molecule has 5 rings (SSSR count). The molecule has 0 radical (unpaired) electrons. The molecule has 1 aromatic carbocycles. The summed E-state index contributed by atoms with van der Waals surface area (Å²) in [6.45, 7) is 2.22. The van der Waals surface area contributed by atoms with E-state index in [2.05, 4.69) is 17.6 Å². The van der Waals surface area contributed by atoms with Gasteiger partial charge in [0, 0.05) is 11.1 Å². The molecular weight excluding hydrogens is 387 g/mol. The number of rotatable bonds is 3. The molecule has 1 aromatic rings. The molecule has 4 aliphatic rings. The zero-order chi connectivity index (χ0) is 18.5. The average Bonchev–Trinajstić information content (AvgIpc) is 2.53. The molecule has 0 saturated heterocycles. The van der Waals surface area contributed by atoms with Gasteiger partial charge in [0.1, 0.15) is 0 Å². The van der Waals surface area contributed by atoms with E-state index >= 15 is 0 Å². The summed E-state index contributed by atoms with van der Waals surface area (Å²) < 4.78 is 0. The van der Waals surface area contributed by atoms with E-state index in [9.17, 15) is 4.79 Å². The van der Waals surface area contributed by atoms with Gasteiger partial charge in [-0.05, 0) is 99.0 Å². The van der Waals surface area contributed by atoms with Crippen molar-refractivity contribution in [3.63, 3.8) is 0 Å². The van der Waals surface area contributed by atoms with Crippen LogP contribution in [0.4, 0.5) is 0 Å². The van der Waals surface area contributed by atoms with Gasteiger partial charge >= 0.3 is 0 Å². The second-order valence-electron chi connectivity index (χ2n) is 8.55. The molecular formula is C20H24Cl2N2OS. The van der Waals surface area contributed by atoms with Crippen LogP contribution >= 0.6 is 35.4 Å². The molecule has 4 aliphatic carbocycles. The van der Waals surface area contributed by atoms with Crippen molar-refractivity contribution in [2.75, 3.05) is 0 Å². The second kappa shape index (κ2) is 6.96. The Morgan fingerprint density at radius 1 is 1.15 bits per heavy atom. The first-order valence-corrected chi connectivity index (χ1v) is 10.6. The minimum absolute atomic E-state index is 0.268. The highest BCUT2D eigenvalue weighted by molar-refractivity contribution is 7.80. The zero-order valence-corrected chi connectivity index (χ0v) is 17.2. The Morgan fingerprint density at radius 2 is 1.73 bits per heavy atom. The summed E-state index contributed by atoms with van der Waals surface area (Å²) in [7, 11) is 0. The Labute approximate surface area is 170 Å². The second-order valence-corrected chi connectivity index (χ2v) is 9.81. The van der Waals surface area contributed by atoms with Crippen molar-refractivity contribution in [1.29, 1.82) is 0 Å². The van der Waals surface area contributed by atoms with E-state index in [1.54, 1.807) is 18.2 Å². The van der Waals surface area contributed by atoms with Gasteiger partial charge in [-0.25, -0.2) is 0 Å². The van der Waals surface area contributed by atoms with Crippen LogP contribution in [0, 0.1) is 23.2 Å². The van der Waals surface area contributed by atoms with Crippen molar-refractivity contribution >= 4 is 46.4 Å². The van der Waals surface area contributed by atoms with Crippen molar-refractivity contribution in [2.45, 2.75) is 51.5 Å². The number of carbonyl (C=O) groups is 1. The summed E-state index contributed by atoms with van der Waals surface area (Å²) in [6, 6.07) is 5.10. The number of carbonyl (C=O) groups excluding carboxylic acids is 1. The molecule has 4 saturated carbocycles. The van der Waals surface area contributed by atoms with Crippen molar-refractivity contribution in [3.8, 4) is 0 Å². The highest BCUT2D eigenvalue weighted by atomic mass is 35.5. The van der Waals surface area contributed by atoms with Crippen LogP contribution in [0.3, 0.4) is 0 Å². The Bertz CT molecular complexity index is 716. The Morgan fingerprint density at radius 3 is 2.27 bits per heavy atom. The molecule has 140 valence electrons. The fourth-order valence-electron chi connectivity index (χ4n) is 5.94. The molecule has 0 aromatic heterocycles. The third-order valence-corrected chi connectivity index (χ3v) is 7.52. The minimum Gasteiger partial charge on any atom is -0.359 e. The first-order valence-electron chi connectivity index (χ1n) is 9.41. The lowest BCUT2D eigenvalue weighted by atomic mass is 9.48. The predicted molar refractivity (Wildman–Crippen MR) is 110 cm³/mol. The van der Waals surface area contributed by atoms with Crippen LogP contribution in [0.1, 0.15) is 55.8 Å². The SMILES string of the molecule is C[C@@H](NC(=S)NC(=O)c1ccc(Cl)cc1Cl)C12CC3CC(CC(C3)C1)C2. The molecule has 4 bridgehead atoms. The van der Waals surface area contributed by atoms with E-state index in [0.717, 1.165) is 17.8 Å². The van der Waals surface area contributed by atoms with Crippen molar-refractivity contribution in [2.24, 2.45) is 23.2 Å². The number of amides is 1. The van der Waals surface area contributed by atoms with E-state index in [1.165, 1.54) is 38.5 Å². The fraction of sp³-hybridized carbons (Fsp3) is 0.600. The first-order chi connectivity index (χ1) is 12.3. The van der Waals surface area contributed by atoms with Gasteiger partial charge in [-0.3, -0.25) is 10.1 Å². The van der Waals surface area contributed by atoms with Gasteiger partial charge in [0.05, 0.1) is 10.6 Å². The van der Waals surface area contributed by atoms with Gasteiger partial charge in [-0.1, -0.05) is 23.2 Å². The lowest BCUT2D eigenvalue weighted by molar-refractivity contribution is -0.0672. The molecule has 1 amide bonds. The molecule has 0 heterocycles. The number of thiocarbonyl (C=S) groups is 1. The van der Waals surface area contributed by atoms with Crippen LogP contribution in [-0.2, 0) is 0 Å². The van der Waals surface area contributed by atoms with Gasteiger partial charge in [0.25, 0.3) is 5.91 Å². The maximum absolute atomic E-state index is 12.5. The molecule has 4 fully saturated rings. The van der Waals surface area contributed by atoms with Gasteiger partial charge in [-0.2, -0.15) is 0 Å². The van der Waals surface area contributed by atoms with Crippen LogP contribution in [0.5, 0.6) is 0 Å². The van der Waals surface area contributed by atoms with Crippen molar-refractivity contribution in [3.05, 3.63) is 33.8 Å². The quantitative estimate of drug-likeness (QED) is 0.672. The van der Waals surface area contributed by atoms with Gasteiger partial charge in [-0.15, -0.1) is 0 Å². The topological polar surface area (TPSA) is 41.1 Å². The third kappa shape index (κ3) is 3.48. The molecule has 2 N–H and O–H groups in total. The maximum Gasteiger partial charge on any atom is 0.258 e. The van der Waals surface area contributed by atoms with Crippen LogP contribution < -0.4 is 10.6 Å². The van der Waals surface area contributed by atoms with E-state index in [-0.39, 0.29) is 11.9 Å². The van der Waals surface area contributed by atoms with Crippen molar-refractivity contribution in [1.82, 2.24) is 10.6 Å². The number of halogens is 2. The predicted octanol–water partition coefficient (Wildman–Crippen LogP) is 5.20. The van der Waals surface area contributed by atoms with E-state index < -0.39 is 0 Å². The summed E-state index contributed by atoms with van der Waals surface area (Å²) in [5.74, 6) is 2.37. The molecule has 6 heteroatoms. The largest absolute Gasteiger partial charge is 0.359 e. The van der Waals surface area contributed by atoms with Crippen molar-refractivity contribution < 1.29 is 4.79 Å². The summed E-state index contributed by atoms with van der Waals surface area (Å²) in [4.78, 5) is 12.5. The fourth-order valence-corrected chi connectivity index (χ4v) is 6.70.